The summed E-state index contributed by atoms with van der Waals surface area (Å²) in [6, 6.07) is 7.70. The van der Waals surface area contributed by atoms with Crippen LogP contribution in [0.15, 0.2) is 24.3 Å². The SMILES string of the molecule is CCOc1ccc(CC(=O)N(CCC(=O)O)C2CC2)cc1. The van der Waals surface area contributed by atoms with Crippen molar-refractivity contribution in [3.63, 3.8) is 0 Å². The lowest BCUT2D eigenvalue weighted by atomic mass is 10.1. The van der Waals surface area contributed by atoms with E-state index < -0.39 is 5.97 Å². The number of aliphatic carboxylic acids is 1. The van der Waals surface area contributed by atoms with Gasteiger partial charge in [0.25, 0.3) is 0 Å². The maximum atomic E-state index is 12.3. The number of amides is 1. The molecule has 0 aromatic heterocycles. The molecule has 114 valence electrons. The van der Waals surface area contributed by atoms with Crippen molar-refractivity contribution in [1.82, 2.24) is 4.90 Å². The summed E-state index contributed by atoms with van der Waals surface area (Å²) in [5.74, 6) is -0.0731. The third kappa shape index (κ3) is 4.77. The van der Waals surface area contributed by atoms with Gasteiger partial charge in [-0.25, -0.2) is 0 Å². The van der Waals surface area contributed by atoms with E-state index in [1.807, 2.05) is 31.2 Å². The van der Waals surface area contributed by atoms with Gasteiger partial charge in [0.15, 0.2) is 0 Å². The summed E-state index contributed by atoms with van der Waals surface area (Å²) >= 11 is 0. The standard InChI is InChI=1S/C16H21NO4/c1-2-21-14-7-3-12(4-8-14)11-15(18)17(13-5-6-13)10-9-16(19)20/h3-4,7-8,13H,2,5-6,9-11H2,1H3,(H,19,20). The number of nitrogens with zero attached hydrogens (tertiary/aromatic N) is 1. The third-order valence-electron chi connectivity index (χ3n) is 3.46. The Bertz CT molecular complexity index is 494. The molecule has 1 aromatic carbocycles. The molecule has 0 bridgehead atoms. The quantitative estimate of drug-likeness (QED) is 0.796. The molecule has 0 atom stereocenters. The fourth-order valence-electron chi connectivity index (χ4n) is 2.26. The lowest BCUT2D eigenvalue weighted by Crippen LogP contribution is -2.36. The molecule has 1 N–H and O–H groups in total. The zero-order chi connectivity index (χ0) is 15.2. The van der Waals surface area contributed by atoms with Crippen LogP contribution in [0.25, 0.3) is 0 Å². The number of carbonyl (C=O) groups is 2. The lowest BCUT2D eigenvalue weighted by Gasteiger charge is -2.21. The van der Waals surface area contributed by atoms with Crippen molar-refractivity contribution < 1.29 is 19.4 Å². The van der Waals surface area contributed by atoms with Crippen LogP contribution < -0.4 is 4.74 Å². The fraction of sp³-hybridized carbons (Fsp3) is 0.500. The molecule has 5 heteroatoms. The highest BCUT2D eigenvalue weighted by atomic mass is 16.5. The van der Waals surface area contributed by atoms with Gasteiger partial charge in [0, 0.05) is 12.6 Å². The summed E-state index contributed by atoms with van der Waals surface area (Å²) in [7, 11) is 0. The lowest BCUT2D eigenvalue weighted by molar-refractivity contribution is -0.138. The van der Waals surface area contributed by atoms with E-state index in [0.29, 0.717) is 19.6 Å². The number of carbonyl (C=O) groups excluding carboxylic acids is 1. The average Bonchev–Trinajstić information content (AvgIpc) is 3.26. The Hall–Kier alpha value is -2.04. The minimum Gasteiger partial charge on any atom is -0.494 e. The van der Waals surface area contributed by atoms with Crippen molar-refractivity contribution in [2.75, 3.05) is 13.2 Å². The maximum absolute atomic E-state index is 12.3. The van der Waals surface area contributed by atoms with Crippen molar-refractivity contribution in [2.45, 2.75) is 38.6 Å². The second-order valence-electron chi connectivity index (χ2n) is 5.22. The zero-order valence-corrected chi connectivity index (χ0v) is 12.2. The summed E-state index contributed by atoms with van der Waals surface area (Å²) in [4.78, 5) is 24.7. The Kier molecular flexibility index (Phi) is 5.20. The monoisotopic (exact) mass is 291 g/mol. The predicted molar refractivity (Wildman–Crippen MR) is 78.3 cm³/mol. The first-order valence-electron chi connectivity index (χ1n) is 7.33. The molecular weight excluding hydrogens is 270 g/mol. The summed E-state index contributed by atoms with van der Waals surface area (Å²) in [5.41, 5.74) is 0.921. The Balaban J connectivity index is 1.92. The second-order valence-corrected chi connectivity index (χ2v) is 5.22. The van der Waals surface area contributed by atoms with E-state index in [1.54, 1.807) is 4.90 Å². The summed E-state index contributed by atoms with van der Waals surface area (Å²) in [6.45, 7) is 2.84. The fourth-order valence-corrected chi connectivity index (χ4v) is 2.26. The smallest absolute Gasteiger partial charge is 0.305 e. The van der Waals surface area contributed by atoms with Crippen LogP contribution in [0, 0.1) is 0 Å². The van der Waals surface area contributed by atoms with Crippen molar-refractivity contribution in [3.8, 4) is 5.75 Å². The molecule has 0 saturated heterocycles. The molecule has 1 fully saturated rings. The maximum Gasteiger partial charge on any atom is 0.305 e. The first-order valence-corrected chi connectivity index (χ1v) is 7.33. The van der Waals surface area contributed by atoms with E-state index >= 15 is 0 Å². The highest BCUT2D eigenvalue weighted by Crippen LogP contribution is 2.27. The van der Waals surface area contributed by atoms with Gasteiger partial charge in [0.1, 0.15) is 5.75 Å². The molecule has 2 rings (SSSR count). The van der Waals surface area contributed by atoms with Crippen LogP contribution in [0.3, 0.4) is 0 Å². The van der Waals surface area contributed by atoms with Gasteiger partial charge in [0.2, 0.25) is 5.91 Å². The molecule has 1 aromatic rings. The van der Waals surface area contributed by atoms with Gasteiger partial charge in [-0.3, -0.25) is 9.59 Å². The van der Waals surface area contributed by atoms with Crippen LogP contribution >= 0.6 is 0 Å². The predicted octanol–water partition coefficient (Wildman–Crippen LogP) is 2.09. The largest absolute Gasteiger partial charge is 0.494 e. The van der Waals surface area contributed by atoms with E-state index in [4.69, 9.17) is 9.84 Å². The normalized spacial score (nSPS) is 13.8. The molecule has 1 saturated carbocycles. The van der Waals surface area contributed by atoms with Gasteiger partial charge >= 0.3 is 5.97 Å². The minimum absolute atomic E-state index is 0.00269. The van der Waals surface area contributed by atoms with E-state index in [9.17, 15) is 9.59 Å². The number of hydrogen-bond acceptors (Lipinski definition) is 3. The van der Waals surface area contributed by atoms with Gasteiger partial charge in [-0.1, -0.05) is 12.1 Å². The highest BCUT2D eigenvalue weighted by Gasteiger charge is 2.32. The number of hydrogen-bond donors (Lipinski definition) is 1. The first kappa shape index (κ1) is 15.4. The molecule has 1 aliphatic carbocycles. The van der Waals surface area contributed by atoms with Gasteiger partial charge in [-0.05, 0) is 37.5 Å². The van der Waals surface area contributed by atoms with Gasteiger partial charge in [-0.2, -0.15) is 0 Å². The number of benzene rings is 1. The molecule has 0 radical (unpaired) electrons. The van der Waals surface area contributed by atoms with Crippen molar-refractivity contribution in [1.29, 1.82) is 0 Å². The van der Waals surface area contributed by atoms with Crippen LogP contribution in [-0.2, 0) is 16.0 Å². The number of carboxylic acids is 1. The van der Waals surface area contributed by atoms with E-state index in [2.05, 4.69) is 0 Å². The summed E-state index contributed by atoms with van der Waals surface area (Å²) in [6.07, 6.45) is 2.28. The number of rotatable bonds is 8. The molecular formula is C16H21NO4. The Morgan fingerprint density at radius 3 is 2.48 bits per heavy atom. The highest BCUT2D eigenvalue weighted by molar-refractivity contribution is 5.80. The van der Waals surface area contributed by atoms with E-state index in [0.717, 1.165) is 24.2 Å². The van der Waals surface area contributed by atoms with E-state index in [-0.39, 0.29) is 18.4 Å². The van der Waals surface area contributed by atoms with Crippen molar-refractivity contribution in [3.05, 3.63) is 29.8 Å². The molecule has 0 heterocycles. The molecule has 1 amide bonds. The second kappa shape index (κ2) is 7.11. The Morgan fingerprint density at radius 1 is 1.29 bits per heavy atom. The molecule has 1 aliphatic rings. The van der Waals surface area contributed by atoms with Crippen LogP contribution in [-0.4, -0.2) is 41.1 Å². The van der Waals surface area contributed by atoms with Crippen molar-refractivity contribution in [2.24, 2.45) is 0 Å². The van der Waals surface area contributed by atoms with Crippen LogP contribution in [0.4, 0.5) is 0 Å². The minimum atomic E-state index is -0.866. The molecule has 0 aliphatic heterocycles. The van der Waals surface area contributed by atoms with Gasteiger partial charge in [0.05, 0.1) is 19.4 Å². The molecule has 0 spiro atoms. The molecule has 5 nitrogen and oxygen atoms in total. The first-order chi connectivity index (χ1) is 10.1. The average molecular weight is 291 g/mol. The van der Waals surface area contributed by atoms with Gasteiger partial charge < -0.3 is 14.7 Å². The Morgan fingerprint density at radius 2 is 1.95 bits per heavy atom. The van der Waals surface area contributed by atoms with Crippen LogP contribution in [0.5, 0.6) is 5.75 Å². The summed E-state index contributed by atoms with van der Waals surface area (Å²) < 4.78 is 5.37. The van der Waals surface area contributed by atoms with E-state index in [1.165, 1.54) is 0 Å². The van der Waals surface area contributed by atoms with Crippen LogP contribution in [0.1, 0.15) is 31.7 Å². The zero-order valence-electron chi connectivity index (χ0n) is 12.2. The van der Waals surface area contributed by atoms with Crippen molar-refractivity contribution >= 4 is 11.9 Å². The molecule has 0 unspecified atom stereocenters. The summed E-state index contributed by atoms with van der Waals surface area (Å²) in [5, 5.41) is 8.77. The molecule has 21 heavy (non-hydrogen) atoms. The third-order valence-corrected chi connectivity index (χ3v) is 3.46. The van der Waals surface area contributed by atoms with Crippen LogP contribution in [0.2, 0.25) is 0 Å². The topological polar surface area (TPSA) is 66.8 Å². The van der Waals surface area contributed by atoms with Gasteiger partial charge in [-0.15, -0.1) is 0 Å². The number of carboxylic acid groups (broad SMARTS) is 1. The Labute approximate surface area is 124 Å². The number of ether oxygens (including phenoxy) is 1.